The molecule has 0 bridgehead atoms. The molecular formula is C20H26N2O2S. The number of oxazole rings is 1. The maximum absolute atomic E-state index is 12.3. The fourth-order valence-corrected chi connectivity index (χ4v) is 3.95. The van der Waals surface area contributed by atoms with E-state index in [1.807, 2.05) is 24.0 Å². The van der Waals surface area contributed by atoms with E-state index < -0.39 is 0 Å². The molecule has 25 heavy (non-hydrogen) atoms. The number of benzene rings is 1. The van der Waals surface area contributed by atoms with Crippen LogP contribution in [0.25, 0.3) is 11.5 Å². The first kappa shape index (κ1) is 18.1. The number of rotatable bonds is 5. The van der Waals surface area contributed by atoms with Gasteiger partial charge >= 0.3 is 0 Å². The third-order valence-corrected chi connectivity index (χ3v) is 5.54. The Bertz CT molecular complexity index is 701. The molecule has 0 N–H and O–H groups in total. The fourth-order valence-electron chi connectivity index (χ4n) is 3.03. The zero-order valence-corrected chi connectivity index (χ0v) is 15.9. The second-order valence-electron chi connectivity index (χ2n) is 6.68. The van der Waals surface area contributed by atoms with Crippen molar-refractivity contribution >= 4 is 17.7 Å². The molecule has 3 rings (SSSR count). The zero-order valence-electron chi connectivity index (χ0n) is 15.1. The third kappa shape index (κ3) is 4.88. The van der Waals surface area contributed by atoms with E-state index in [4.69, 9.17) is 4.42 Å². The molecule has 1 aliphatic rings. The summed E-state index contributed by atoms with van der Waals surface area (Å²) in [7, 11) is 0. The molecule has 4 nitrogen and oxygen atoms in total. The molecule has 1 aromatic carbocycles. The smallest absolute Gasteiger partial charge is 0.232 e. The van der Waals surface area contributed by atoms with E-state index in [0.29, 0.717) is 17.4 Å². The van der Waals surface area contributed by atoms with E-state index in [0.717, 1.165) is 42.9 Å². The summed E-state index contributed by atoms with van der Waals surface area (Å²) >= 11 is 1.63. The largest absolute Gasteiger partial charge is 0.441 e. The van der Waals surface area contributed by atoms with E-state index in [9.17, 15) is 4.79 Å². The van der Waals surface area contributed by atoms with Crippen molar-refractivity contribution in [3.05, 3.63) is 41.3 Å². The van der Waals surface area contributed by atoms with Crippen LogP contribution < -0.4 is 0 Å². The first-order chi connectivity index (χ1) is 12.1. The molecule has 1 fully saturated rings. The van der Waals surface area contributed by atoms with Crippen molar-refractivity contribution in [2.45, 2.75) is 45.3 Å². The number of hydrogen-bond donors (Lipinski definition) is 0. The highest BCUT2D eigenvalue weighted by molar-refractivity contribution is 7.99. The molecule has 1 aliphatic heterocycles. The number of hydrogen-bond acceptors (Lipinski definition) is 4. The van der Waals surface area contributed by atoms with Gasteiger partial charge in [0, 0.05) is 24.4 Å². The van der Waals surface area contributed by atoms with E-state index in [2.05, 4.69) is 24.0 Å². The van der Waals surface area contributed by atoms with Gasteiger partial charge in [-0.1, -0.05) is 30.5 Å². The Labute approximate surface area is 154 Å². The number of nitrogens with zero attached hydrogens (tertiary/aromatic N) is 2. The highest BCUT2D eigenvalue weighted by atomic mass is 32.2. The predicted molar refractivity (Wildman–Crippen MR) is 103 cm³/mol. The van der Waals surface area contributed by atoms with Crippen molar-refractivity contribution in [3.8, 4) is 11.5 Å². The monoisotopic (exact) mass is 358 g/mol. The molecule has 0 radical (unpaired) electrons. The third-order valence-electron chi connectivity index (χ3n) is 4.61. The molecule has 1 saturated heterocycles. The van der Waals surface area contributed by atoms with E-state index in [1.54, 1.807) is 11.8 Å². The zero-order chi connectivity index (χ0) is 17.6. The summed E-state index contributed by atoms with van der Waals surface area (Å²) in [4.78, 5) is 19.0. The van der Waals surface area contributed by atoms with Crippen LogP contribution in [0, 0.1) is 13.8 Å². The van der Waals surface area contributed by atoms with Crippen LogP contribution in [0.1, 0.15) is 42.7 Å². The predicted octanol–water partition coefficient (Wildman–Crippen LogP) is 4.59. The summed E-state index contributed by atoms with van der Waals surface area (Å²) in [6.07, 6.45) is 4.77. The average molecular weight is 359 g/mol. The molecule has 5 heteroatoms. The minimum absolute atomic E-state index is 0.256. The van der Waals surface area contributed by atoms with Gasteiger partial charge < -0.3 is 9.32 Å². The molecule has 0 atom stereocenters. The van der Waals surface area contributed by atoms with Crippen molar-refractivity contribution in [1.82, 2.24) is 9.88 Å². The first-order valence-electron chi connectivity index (χ1n) is 9.02. The molecule has 134 valence electrons. The summed E-state index contributed by atoms with van der Waals surface area (Å²) in [5, 5.41) is 0. The SMILES string of the molecule is Cc1ccc(-c2nc(CSCC(=O)N3CCCCCC3)c(C)o2)cc1. The molecule has 1 amide bonds. The summed E-state index contributed by atoms with van der Waals surface area (Å²) in [6.45, 7) is 5.84. The van der Waals surface area contributed by atoms with Gasteiger partial charge in [0.2, 0.25) is 11.8 Å². The van der Waals surface area contributed by atoms with Gasteiger partial charge in [-0.2, -0.15) is 0 Å². The second-order valence-corrected chi connectivity index (χ2v) is 7.66. The molecule has 2 aromatic rings. The van der Waals surface area contributed by atoms with Gasteiger partial charge in [0.1, 0.15) is 5.76 Å². The maximum atomic E-state index is 12.3. The minimum atomic E-state index is 0.256. The van der Waals surface area contributed by atoms with E-state index in [-0.39, 0.29) is 5.91 Å². The van der Waals surface area contributed by atoms with Gasteiger partial charge in [-0.05, 0) is 38.8 Å². The first-order valence-corrected chi connectivity index (χ1v) is 10.2. The summed E-state index contributed by atoms with van der Waals surface area (Å²) in [6, 6.07) is 8.17. The molecule has 0 aliphatic carbocycles. The molecule has 0 unspecified atom stereocenters. The lowest BCUT2D eigenvalue weighted by molar-refractivity contribution is -0.128. The fraction of sp³-hybridized carbons (Fsp3) is 0.500. The van der Waals surface area contributed by atoms with Gasteiger partial charge in [0.15, 0.2) is 0 Å². The minimum Gasteiger partial charge on any atom is -0.441 e. The number of carbonyl (C=O) groups is 1. The summed E-state index contributed by atoms with van der Waals surface area (Å²) in [5.74, 6) is 2.98. The van der Waals surface area contributed by atoms with Gasteiger partial charge in [-0.25, -0.2) is 4.98 Å². The highest BCUT2D eigenvalue weighted by Gasteiger charge is 2.16. The van der Waals surface area contributed by atoms with Crippen LogP contribution in [0.4, 0.5) is 0 Å². The van der Waals surface area contributed by atoms with Crippen LogP contribution in [-0.4, -0.2) is 34.6 Å². The lowest BCUT2D eigenvalue weighted by atomic mass is 10.1. The molecule has 0 saturated carbocycles. The van der Waals surface area contributed by atoms with Gasteiger partial charge in [-0.15, -0.1) is 11.8 Å². The number of likely N-dealkylation sites (tertiary alicyclic amines) is 1. The van der Waals surface area contributed by atoms with Gasteiger partial charge in [0.05, 0.1) is 11.4 Å². The maximum Gasteiger partial charge on any atom is 0.232 e. The van der Waals surface area contributed by atoms with Crippen molar-refractivity contribution in [3.63, 3.8) is 0 Å². The Balaban J connectivity index is 1.54. The van der Waals surface area contributed by atoms with Crippen LogP contribution in [0.15, 0.2) is 28.7 Å². The van der Waals surface area contributed by atoms with Gasteiger partial charge in [0.25, 0.3) is 0 Å². The van der Waals surface area contributed by atoms with Crippen molar-refractivity contribution in [1.29, 1.82) is 0 Å². The van der Waals surface area contributed by atoms with Crippen molar-refractivity contribution < 1.29 is 9.21 Å². The van der Waals surface area contributed by atoms with Crippen LogP contribution in [0.2, 0.25) is 0 Å². The summed E-state index contributed by atoms with van der Waals surface area (Å²) < 4.78 is 5.81. The second kappa shape index (κ2) is 8.56. The number of amides is 1. The summed E-state index contributed by atoms with van der Waals surface area (Å²) in [5.41, 5.74) is 3.14. The van der Waals surface area contributed by atoms with Gasteiger partial charge in [-0.3, -0.25) is 4.79 Å². The van der Waals surface area contributed by atoms with Crippen LogP contribution in [-0.2, 0) is 10.5 Å². The number of carbonyl (C=O) groups excluding carboxylic acids is 1. The number of thioether (sulfide) groups is 1. The molecule has 2 heterocycles. The Morgan fingerprint density at radius 3 is 2.48 bits per heavy atom. The van der Waals surface area contributed by atoms with E-state index >= 15 is 0 Å². The highest BCUT2D eigenvalue weighted by Crippen LogP contribution is 2.24. The lowest BCUT2D eigenvalue weighted by Gasteiger charge is -2.19. The van der Waals surface area contributed by atoms with Crippen molar-refractivity contribution in [2.75, 3.05) is 18.8 Å². The number of aromatic nitrogens is 1. The average Bonchev–Trinajstić information content (AvgIpc) is 2.82. The molecular weight excluding hydrogens is 332 g/mol. The van der Waals surface area contributed by atoms with Crippen LogP contribution in [0.3, 0.4) is 0 Å². The molecule has 0 spiro atoms. The Hall–Kier alpha value is -1.75. The van der Waals surface area contributed by atoms with Crippen molar-refractivity contribution in [2.24, 2.45) is 0 Å². The lowest BCUT2D eigenvalue weighted by Crippen LogP contribution is -2.33. The van der Waals surface area contributed by atoms with E-state index in [1.165, 1.54) is 18.4 Å². The van der Waals surface area contributed by atoms with Crippen LogP contribution in [0.5, 0.6) is 0 Å². The number of aryl methyl sites for hydroxylation is 2. The quantitative estimate of drug-likeness (QED) is 0.784. The Morgan fingerprint density at radius 2 is 1.80 bits per heavy atom. The molecule has 1 aromatic heterocycles. The van der Waals surface area contributed by atoms with Crippen LogP contribution >= 0.6 is 11.8 Å². The Morgan fingerprint density at radius 1 is 1.12 bits per heavy atom. The normalized spacial score (nSPS) is 15.2. The standard InChI is InChI=1S/C20H26N2O2S/c1-15-7-9-17(10-8-15)20-21-18(16(2)24-20)13-25-14-19(23)22-11-5-3-4-6-12-22/h7-10H,3-6,11-14H2,1-2H3. The Kier molecular flexibility index (Phi) is 6.19. The topological polar surface area (TPSA) is 46.3 Å².